The van der Waals surface area contributed by atoms with Crippen LogP contribution in [0.15, 0.2) is 36.9 Å². The van der Waals surface area contributed by atoms with Gasteiger partial charge in [0.05, 0.1) is 6.54 Å². The van der Waals surface area contributed by atoms with Crippen molar-refractivity contribution >= 4 is 5.91 Å². The van der Waals surface area contributed by atoms with Crippen LogP contribution in [-0.2, 0) is 11.3 Å². The molecular formula is C14H20N2O. The zero-order valence-corrected chi connectivity index (χ0v) is 10.6. The normalized spacial score (nSPS) is 10.3. The Hall–Kier alpha value is -1.61. The Bertz CT molecular complexity index is 388. The molecule has 1 aromatic carbocycles. The van der Waals surface area contributed by atoms with Gasteiger partial charge in [0, 0.05) is 13.1 Å². The summed E-state index contributed by atoms with van der Waals surface area (Å²) in [6.07, 6.45) is 1.68. The van der Waals surface area contributed by atoms with Gasteiger partial charge in [0.15, 0.2) is 0 Å². The number of benzene rings is 1. The third-order valence-corrected chi connectivity index (χ3v) is 2.56. The summed E-state index contributed by atoms with van der Waals surface area (Å²) in [6.45, 7) is 7.36. The van der Waals surface area contributed by atoms with Gasteiger partial charge < -0.3 is 5.32 Å². The van der Waals surface area contributed by atoms with E-state index in [0.29, 0.717) is 13.1 Å². The minimum atomic E-state index is 0.0287. The van der Waals surface area contributed by atoms with Gasteiger partial charge in [-0.2, -0.15) is 0 Å². The number of rotatable bonds is 6. The fraction of sp³-hybridized carbons (Fsp3) is 0.357. The quantitative estimate of drug-likeness (QED) is 0.758. The second-order valence-corrected chi connectivity index (χ2v) is 4.19. The molecule has 1 aromatic rings. The van der Waals surface area contributed by atoms with E-state index in [1.807, 2.05) is 24.1 Å². The molecule has 1 N–H and O–H groups in total. The van der Waals surface area contributed by atoms with E-state index in [9.17, 15) is 4.79 Å². The van der Waals surface area contributed by atoms with Crippen molar-refractivity contribution < 1.29 is 4.79 Å². The lowest BCUT2D eigenvalue weighted by Crippen LogP contribution is -2.34. The third kappa shape index (κ3) is 4.83. The molecule has 92 valence electrons. The van der Waals surface area contributed by atoms with Crippen LogP contribution in [0.25, 0.3) is 0 Å². The highest BCUT2D eigenvalue weighted by Gasteiger charge is 2.07. The molecule has 0 bridgehead atoms. The molecule has 0 aliphatic rings. The molecule has 0 aromatic heterocycles. The molecule has 3 nitrogen and oxygen atoms in total. The van der Waals surface area contributed by atoms with Gasteiger partial charge in [-0.25, -0.2) is 0 Å². The van der Waals surface area contributed by atoms with Gasteiger partial charge in [0.1, 0.15) is 0 Å². The van der Waals surface area contributed by atoms with E-state index in [-0.39, 0.29) is 5.91 Å². The van der Waals surface area contributed by atoms with E-state index in [4.69, 9.17) is 0 Å². The molecule has 0 heterocycles. The van der Waals surface area contributed by atoms with Crippen molar-refractivity contribution in [3.05, 3.63) is 48.0 Å². The van der Waals surface area contributed by atoms with Crippen LogP contribution in [-0.4, -0.2) is 30.9 Å². The van der Waals surface area contributed by atoms with E-state index in [1.54, 1.807) is 6.08 Å². The summed E-state index contributed by atoms with van der Waals surface area (Å²) in [4.78, 5) is 13.5. The Labute approximate surface area is 103 Å². The molecule has 0 atom stereocenters. The Morgan fingerprint density at radius 3 is 2.82 bits per heavy atom. The number of nitrogens with one attached hydrogen (secondary N) is 1. The topological polar surface area (TPSA) is 32.3 Å². The highest BCUT2D eigenvalue weighted by atomic mass is 16.1. The van der Waals surface area contributed by atoms with Crippen LogP contribution < -0.4 is 5.32 Å². The zero-order chi connectivity index (χ0) is 12.7. The summed E-state index contributed by atoms with van der Waals surface area (Å²) in [5.74, 6) is 0.0287. The Kier molecular flexibility index (Phi) is 5.43. The number of carbonyl (C=O) groups is 1. The largest absolute Gasteiger partial charge is 0.352 e. The van der Waals surface area contributed by atoms with E-state index in [1.165, 1.54) is 11.1 Å². The molecule has 3 heteroatoms. The highest BCUT2D eigenvalue weighted by molar-refractivity contribution is 5.78. The fourth-order valence-electron chi connectivity index (χ4n) is 1.62. The van der Waals surface area contributed by atoms with E-state index < -0.39 is 0 Å². The summed E-state index contributed by atoms with van der Waals surface area (Å²) in [6, 6.07) is 8.22. The summed E-state index contributed by atoms with van der Waals surface area (Å²) in [5, 5.41) is 2.76. The van der Waals surface area contributed by atoms with Crippen molar-refractivity contribution in [2.45, 2.75) is 13.5 Å². The minimum Gasteiger partial charge on any atom is -0.352 e. The lowest BCUT2D eigenvalue weighted by molar-refractivity contribution is -0.121. The van der Waals surface area contributed by atoms with Crippen molar-refractivity contribution in [1.82, 2.24) is 10.2 Å². The number of carbonyl (C=O) groups excluding carboxylic acids is 1. The standard InChI is InChI=1S/C14H20N2O/c1-4-9-15-14(17)11-16(3)10-13-8-6-5-7-12(13)2/h4-8H,1,9-11H2,2-3H3,(H,15,17). The number of nitrogens with zero attached hydrogens (tertiary/aromatic N) is 1. The maximum atomic E-state index is 11.5. The first-order chi connectivity index (χ1) is 8.13. The Balaban J connectivity index is 2.44. The van der Waals surface area contributed by atoms with Gasteiger partial charge in [-0.05, 0) is 25.1 Å². The van der Waals surface area contributed by atoms with Gasteiger partial charge in [-0.15, -0.1) is 6.58 Å². The predicted molar refractivity (Wildman–Crippen MR) is 70.7 cm³/mol. The van der Waals surface area contributed by atoms with Crippen LogP contribution in [0, 0.1) is 6.92 Å². The minimum absolute atomic E-state index is 0.0287. The first-order valence-electron chi connectivity index (χ1n) is 5.74. The molecule has 0 saturated carbocycles. The van der Waals surface area contributed by atoms with Crippen LogP contribution in [0.1, 0.15) is 11.1 Å². The van der Waals surface area contributed by atoms with Crippen LogP contribution >= 0.6 is 0 Å². The summed E-state index contributed by atoms with van der Waals surface area (Å²) in [7, 11) is 1.94. The highest BCUT2D eigenvalue weighted by Crippen LogP contribution is 2.08. The maximum absolute atomic E-state index is 11.5. The third-order valence-electron chi connectivity index (χ3n) is 2.56. The lowest BCUT2D eigenvalue weighted by atomic mass is 10.1. The van der Waals surface area contributed by atoms with Crippen molar-refractivity contribution in [3.8, 4) is 0 Å². The zero-order valence-electron chi connectivity index (χ0n) is 10.6. The Morgan fingerprint density at radius 2 is 2.18 bits per heavy atom. The summed E-state index contributed by atoms with van der Waals surface area (Å²) in [5.41, 5.74) is 2.51. The second-order valence-electron chi connectivity index (χ2n) is 4.19. The van der Waals surface area contributed by atoms with Gasteiger partial charge >= 0.3 is 0 Å². The smallest absolute Gasteiger partial charge is 0.234 e. The summed E-state index contributed by atoms with van der Waals surface area (Å²) >= 11 is 0. The van der Waals surface area contributed by atoms with Crippen LogP contribution in [0.4, 0.5) is 0 Å². The van der Waals surface area contributed by atoms with Crippen LogP contribution in [0.3, 0.4) is 0 Å². The number of hydrogen-bond donors (Lipinski definition) is 1. The van der Waals surface area contributed by atoms with Gasteiger partial charge in [0.2, 0.25) is 5.91 Å². The number of amides is 1. The van der Waals surface area contributed by atoms with Crippen molar-refractivity contribution in [2.75, 3.05) is 20.1 Å². The first kappa shape index (κ1) is 13.5. The molecule has 0 radical (unpaired) electrons. The molecule has 0 aliphatic carbocycles. The SMILES string of the molecule is C=CCNC(=O)CN(C)Cc1ccccc1C. The van der Waals surface area contributed by atoms with E-state index in [2.05, 4.69) is 31.0 Å². The van der Waals surface area contributed by atoms with Gasteiger partial charge in [-0.3, -0.25) is 9.69 Å². The molecule has 1 amide bonds. The lowest BCUT2D eigenvalue weighted by Gasteiger charge is -2.17. The van der Waals surface area contributed by atoms with Crippen molar-refractivity contribution in [2.24, 2.45) is 0 Å². The average Bonchev–Trinajstić information content (AvgIpc) is 2.29. The van der Waals surface area contributed by atoms with Crippen LogP contribution in [0.2, 0.25) is 0 Å². The molecule has 0 saturated heterocycles. The number of hydrogen-bond acceptors (Lipinski definition) is 2. The van der Waals surface area contributed by atoms with Gasteiger partial charge in [0.25, 0.3) is 0 Å². The molecule has 17 heavy (non-hydrogen) atoms. The molecule has 0 spiro atoms. The fourth-order valence-corrected chi connectivity index (χ4v) is 1.62. The predicted octanol–water partition coefficient (Wildman–Crippen LogP) is 1.73. The molecule has 0 fully saturated rings. The summed E-state index contributed by atoms with van der Waals surface area (Å²) < 4.78 is 0. The number of aryl methyl sites for hydroxylation is 1. The average molecular weight is 232 g/mol. The number of likely N-dealkylation sites (N-methyl/N-ethyl adjacent to an activating group) is 1. The van der Waals surface area contributed by atoms with Crippen molar-refractivity contribution in [3.63, 3.8) is 0 Å². The maximum Gasteiger partial charge on any atom is 0.234 e. The molecule has 0 unspecified atom stereocenters. The molecular weight excluding hydrogens is 212 g/mol. The monoisotopic (exact) mass is 232 g/mol. The van der Waals surface area contributed by atoms with Crippen molar-refractivity contribution in [1.29, 1.82) is 0 Å². The first-order valence-corrected chi connectivity index (χ1v) is 5.74. The van der Waals surface area contributed by atoms with Crippen LogP contribution in [0.5, 0.6) is 0 Å². The molecule has 0 aliphatic heterocycles. The van der Waals surface area contributed by atoms with E-state index >= 15 is 0 Å². The second kappa shape index (κ2) is 6.86. The Morgan fingerprint density at radius 1 is 1.47 bits per heavy atom. The van der Waals surface area contributed by atoms with Gasteiger partial charge in [-0.1, -0.05) is 30.3 Å². The van der Waals surface area contributed by atoms with E-state index in [0.717, 1.165) is 6.54 Å². The molecule has 1 rings (SSSR count).